The van der Waals surface area contributed by atoms with Crippen LogP contribution in [0.4, 0.5) is 17.2 Å². The van der Waals surface area contributed by atoms with Crippen LogP contribution in [0.3, 0.4) is 0 Å². The SMILES string of the molecule is CC(=O)c1nn(CC(=O)N2C3C(C)[C@]3(C)C[C@H]2C(=O)Nc2nc(Br)ccc2C)c2c3cc(cc12)Nc1cnc(nc1)C(C)OCCC/C=C/COC3. The number of halogens is 1. The van der Waals surface area contributed by atoms with E-state index in [0.29, 0.717) is 58.2 Å². The molecule has 272 valence electrons. The molecule has 5 atom stereocenters. The first-order valence-electron chi connectivity index (χ1n) is 17.7. The molecular formula is C38H43BrN8O5. The summed E-state index contributed by atoms with van der Waals surface area (Å²) < 4.78 is 14.2. The van der Waals surface area contributed by atoms with Crippen LogP contribution in [0.25, 0.3) is 10.9 Å². The molecule has 1 aliphatic carbocycles. The Kier molecular flexibility index (Phi) is 9.98. The molecule has 1 saturated heterocycles. The number of likely N-dealkylation sites (tertiary alicyclic amines) is 1. The number of Topliss-reactive ketones (excluding diaryl/α,β-unsaturated/α-hetero) is 1. The van der Waals surface area contributed by atoms with Gasteiger partial charge < -0.3 is 25.0 Å². The standard InChI is InChI=1S/C38H43BrN8O5/c1-21-10-11-30(39)43-35(21)44-37(50)29-16-38(5)22(2)34(38)47(29)31(49)19-46-33-25-14-26(15-28(33)32(45-46)23(3)48)42-27-17-40-36(41-18-27)24(4)52-13-9-7-6-8-12-51-20-25/h6,8,10-11,14-15,17-18,22,24,29,34,42H,7,9,12-13,16,19-20H2,1-5H3,(H,43,44,50)/b8-6+/t22?,24?,29-,34?,38-/m0/s1. The van der Waals surface area contributed by atoms with Crippen LogP contribution in [0, 0.1) is 18.3 Å². The number of ether oxygens (including phenoxy) is 2. The molecule has 1 saturated carbocycles. The molecule has 13 nitrogen and oxygen atoms in total. The highest BCUT2D eigenvalue weighted by Gasteiger charge is 2.70. The second kappa shape index (κ2) is 14.5. The summed E-state index contributed by atoms with van der Waals surface area (Å²) in [7, 11) is 0. The monoisotopic (exact) mass is 770 g/mol. The van der Waals surface area contributed by atoms with Gasteiger partial charge in [-0.3, -0.25) is 19.1 Å². The summed E-state index contributed by atoms with van der Waals surface area (Å²) >= 11 is 3.39. The molecule has 3 aromatic heterocycles. The van der Waals surface area contributed by atoms with Gasteiger partial charge in [0.05, 0.1) is 36.8 Å². The van der Waals surface area contributed by atoms with Crippen LogP contribution >= 0.6 is 15.9 Å². The predicted molar refractivity (Wildman–Crippen MR) is 199 cm³/mol. The summed E-state index contributed by atoms with van der Waals surface area (Å²) in [6.07, 6.45) is 9.43. The first kappa shape index (κ1) is 35.9. The van der Waals surface area contributed by atoms with E-state index in [1.807, 2.05) is 44.2 Å². The van der Waals surface area contributed by atoms with Crippen LogP contribution in [0.15, 0.2) is 53.4 Å². The largest absolute Gasteiger partial charge is 0.373 e. The Balaban J connectivity index is 1.22. The fourth-order valence-corrected chi connectivity index (χ4v) is 7.94. The zero-order valence-electron chi connectivity index (χ0n) is 30.0. The van der Waals surface area contributed by atoms with Gasteiger partial charge in [0.15, 0.2) is 11.6 Å². The number of pyridine rings is 1. The van der Waals surface area contributed by atoms with E-state index in [-0.39, 0.29) is 59.9 Å². The molecule has 1 aromatic carbocycles. The lowest BCUT2D eigenvalue weighted by Gasteiger charge is -2.28. The van der Waals surface area contributed by atoms with E-state index < -0.39 is 6.04 Å². The highest BCUT2D eigenvalue weighted by molar-refractivity contribution is 9.10. The maximum atomic E-state index is 14.4. The smallest absolute Gasteiger partial charge is 0.248 e. The van der Waals surface area contributed by atoms with Crippen molar-refractivity contribution >= 4 is 61.6 Å². The minimum absolute atomic E-state index is 0.0877. The topological polar surface area (TPSA) is 153 Å². The molecule has 6 heterocycles. The molecule has 0 radical (unpaired) electrons. The number of ketones is 1. The summed E-state index contributed by atoms with van der Waals surface area (Å²) in [4.78, 5) is 56.5. The van der Waals surface area contributed by atoms with Gasteiger partial charge in [-0.1, -0.05) is 32.1 Å². The highest BCUT2D eigenvalue weighted by Crippen LogP contribution is 2.64. The fraction of sp³-hybridized carbons (Fsp3) is 0.447. The average molecular weight is 772 g/mol. The van der Waals surface area contributed by atoms with Crippen molar-refractivity contribution in [2.24, 2.45) is 11.3 Å². The Morgan fingerprint density at radius 3 is 2.67 bits per heavy atom. The number of rotatable bonds is 5. The Hall–Kier alpha value is -4.53. The molecule has 2 N–H and O–H groups in total. The third-order valence-corrected chi connectivity index (χ3v) is 11.1. The van der Waals surface area contributed by atoms with Crippen LogP contribution in [0.5, 0.6) is 0 Å². The van der Waals surface area contributed by atoms with E-state index in [9.17, 15) is 14.4 Å². The number of carbonyl (C=O) groups excluding carboxylic acids is 3. The lowest BCUT2D eigenvalue weighted by molar-refractivity contribution is -0.138. The normalized spacial score (nSPS) is 25.2. The molecule has 4 aliphatic rings. The van der Waals surface area contributed by atoms with Gasteiger partial charge in [0.1, 0.15) is 34.8 Å². The van der Waals surface area contributed by atoms with E-state index >= 15 is 0 Å². The van der Waals surface area contributed by atoms with Gasteiger partial charge in [0, 0.05) is 36.2 Å². The van der Waals surface area contributed by atoms with Gasteiger partial charge in [-0.05, 0) is 84.1 Å². The number of aryl methyl sites for hydroxylation is 1. The molecule has 4 aromatic rings. The number of fused-ring (bicyclic) bond motifs is 12. The number of piperidine rings is 1. The van der Waals surface area contributed by atoms with E-state index in [1.165, 1.54) is 6.92 Å². The third-order valence-electron chi connectivity index (χ3n) is 10.6. The maximum absolute atomic E-state index is 14.4. The minimum atomic E-state index is -0.679. The summed E-state index contributed by atoms with van der Waals surface area (Å²) in [6.45, 7) is 10.5. The van der Waals surface area contributed by atoms with Gasteiger partial charge in [-0.25, -0.2) is 15.0 Å². The molecule has 3 unspecified atom stereocenters. The van der Waals surface area contributed by atoms with Gasteiger partial charge in [0.25, 0.3) is 0 Å². The van der Waals surface area contributed by atoms with Gasteiger partial charge in [-0.2, -0.15) is 5.10 Å². The Labute approximate surface area is 310 Å². The van der Waals surface area contributed by atoms with Crippen molar-refractivity contribution in [2.75, 3.05) is 23.8 Å². The van der Waals surface area contributed by atoms with Crippen molar-refractivity contribution in [3.05, 3.63) is 76.1 Å². The Morgan fingerprint density at radius 2 is 1.90 bits per heavy atom. The second-order valence-corrected chi connectivity index (χ2v) is 15.1. The third kappa shape index (κ3) is 6.98. The fourth-order valence-electron chi connectivity index (χ4n) is 7.63. The lowest BCUT2D eigenvalue weighted by atomic mass is 9.98. The first-order chi connectivity index (χ1) is 24.9. The molecule has 0 spiro atoms. The van der Waals surface area contributed by atoms with Crippen molar-refractivity contribution < 1.29 is 23.9 Å². The van der Waals surface area contributed by atoms with Gasteiger partial charge in [-0.15, -0.1) is 0 Å². The first-order valence-corrected chi connectivity index (χ1v) is 18.5. The van der Waals surface area contributed by atoms with E-state index in [4.69, 9.17) is 14.6 Å². The molecule has 8 rings (SSSR count). The van der Waals surface area contributed by atoms with Crippen LogP contribution in [-0.2, 0) is 32.2 Å². The molecule has 3 aliphatic heterocycles. The number of anilines is 3. The highest BCUT2D eigenvalue weighted by atomic mass is 79.9. The summed E-state index contributed by atoms with van der Waals surface area (Å²) in [5.74, 6) is 0.522. The van der Waals surface area contributed by atoms with E-state index in [1.54, 1.807) is 22.0 Å². The summed E-state index contributed by atoms with van der Waals surface area (Å²) in [5, 5.41) is 11.6. The minimum Gasteiger partial charge on any atom is -0.373 e. The molecule has 4 bridgehead atoms. The Bertz CT molecular complexity index is 2070. The van der Waals surface area contributed by atoms with Crippen molar-refractivity contribution in [1.29, 1.82) is 0 Å². The van der Waals surface area contributed by atoms with Crippen LogP contribution in [-0.4, -0.2) is 72.5 Å². The van der Waals surface area contributed by atoms with Crippen LogP contribution in [0.2, 0.25) is 0 Å². The van der Waals surface area contributed by atoms with Crippen LogP contribution < -0.4 is 10.6 Å². The van der Waals surface area contributed by atoms with Crippen molar-refractivity contribution in [3.8, 4) is 0 Å². The molecule has 52 heavy (non-hydrogen) atoms. The zero-order valence-corrected chi connectivity index (χ0v) is 31.6. The average Bonchev–Trinajstić information content (AvgIpc) is 3.36. The number of allylic oxidation sites excluding steroid dienone is 1. The van der Waals surface area contributed by atoms with E-state index in [0.717, 1.165) is 24.0 Å². The quantitative estimate of drug-likeness (QED) is 0.132. The number of aromatic nitrogens is 5. The molecule has 2 fully saturated rings. The number of amides is 2. The van der Waals surface area contributed by atoms with Crippen molar-refractivity contribution in [2.45, 2.75) is 85.2 Å². The molecule has 2 amide bonds. The Morgan fingerprint density at radius 1 is 1.12 bits per heavy atom. The number of benzene rings is 1. The number of nitrogens with one attached hydrogen (secondary N) is 2. The number of hydrogen-bond donors (Lipinski definition) is 2. The summed E-state index contributed by atoms with van der Waals surface area (Å²) in [6, 6.07) is 6.70. The number of nitrogens with zero attached hydrogens (tertiary/aromatic N) is 6. The van der Waals surface area contributed by atoms with Gasteiger partial charge in [0.2, 0.25) is 11.8 Å². The zero-order chi connectivity index (χ0) is 36.7. The van der Waals surface area contributed by atoms with Crippen molar-refractivity contribution in [3.63, 3.8) is 0 Å². The summed E-state index contributed by atoms with van der Waals surface area (Å²) in [5.41, 5.74) is 3.60. The lowest BCUT2D eigenvalue weighted by Crippen LogP contribution is -2.47. The molecule has 14 heteroatoms. The predicted octanol–water partition coefficient (Wildman–Crippen LogP) is 6.45. The van der Waals surface area contributed by atoms with Crippen molar-refractivity contribution in [1.82, 2.24) is 29.6 Å². The van der Waals surface area contributed by atoms with E-state index in [2.05, 4.69) is 61.4 Å². The number of hydrogen-bond acceptors (Lipinski definition) is 10. The maximum Gasteiger partial charge on any atom is 0.248 e. The molecular weight excluding hydrogens is 728 g/mol. The van der Waals surface area contributed by atoms with Gasteiger partial charge >= 0.3 is 0 Å². The number of carbonyl (C=O) groups is 3. The van der Waals surface area contributed by atoms with Crippen LogP contribution in [0.1, 0.15) is 80.5 Å². The second-order valence-electron chi connectivity index (χ2n) is 14.2.